The molecule has 1 heterocycles. The van der Waals surface area contributed by atoms with Gasteiger partial charge in [-0.2, -0.15) is 0 Å². The van der Waals surface area contributed by atoms with E-state index in [1.165, 1.54) is 0 Å². The predicted octanol–water partition coefficient (Wildman–Crippen LogP) is 1.36. The maximum Gasteiger partial charge on any atom is 0.253 e. The topological polar surface area (TPSA) is 58.6 Å². The first-order valence-electron chi connectivity index (χ1n) is 7.30. The molecule has 0 bridgehead atoms. The second kappa shape index (κ2) is 5.95. The van der Waals surface area contributed by atoms with E-state index in [1.54, 1.807) is 0 Å². The highest BCUT2D eigenvalue weighted by Gasteiger charge is 2.26. The Balaban J connectivity index is 1.93. The quantitative estimate of drug-likeness (QED) is 0.652. The number of nitrogens with zero attached hydrogens (tertiary/aromatic N) is 1. The normalized spacial score (nSPS) is 16.6. The van der Waals surface area contributed by atoms with E-state index in [0.717, 1.165) is 19.4 Å². The van der Waals surface area contributed by atoms with Crippen molar-refractivity contribution < 1.29 is 4.74 Å². The van der Waals surface area contributed by atoms with Crippen molar-refractivity contribution in [2.75, 3.05) is 43.1 Å². The Morgan fingerprint density at radius 1 is 1.15 bits per heavy atom. The Kier molecular flexibility index (Phi) is 4.48. The summed E-state index contributed by atoms with van der Waals surface area (Å²) in [5.74, 6) is 0. The van der Waals surface area contributed by atoms with Gasteiger partial charge < -0.3 is 15.0 Å². The van der Waals surface area contributed by atoms with Crippen molar-refractivity contribution in [1.29, 1.82) is 0 Å². The first-order chi connectivity index (χ1) is 9.40. The molecule has 0 saturated carbocycles. The second-order valence-corrected chi connectivity index (χ2v) is 6.57. The molecule has 1 aliphatic heterocycles. The van der Waals surface area contributed by atoms with Crippen LogP contribution in [0.1, 0.15) is 33.6 Å². The van der Waals surface area contributed by atoms with Crippen LogP contribution in [0.2, 0.25) is 0 Å². The second-order valence-electron chi connectivity index (χ2n) is 6.57. The molecule has 0 radical (unpaired) electrons. The molecule has 0 aliphatic carbocycles. The fraction of sp³-hybridized carbons (Fsp3) is 0.733. The van der Waals surface area contributed by atoms with Crippen molar-refractivity contribution in [2.45, 2.75) is 33.6 Å². The number of hydrogen-bond donors (Lipinski definition) is 1. The molecule has 1 aromatic rings. The number of ether oxygens (including phenoxy) is 1. The molecule has 20 heavy (non-hydrogen) atoms. The van der Waals surface area contributed by atoms with Crippen LogP contribution in [-0.4, -0.2) is 32.8 Å². The van der Waals surface area contributed by atoms with Gasteiger partial charge in [-0.25, -0.2) is 0 Å². The number of anilines is 2. The monoisotopic (exact) mass is 280 g/mol. The summed E-state index contributed by atoms with van der Waals surface area (Å²) in [5, 5.41) is 3.15. The summed E-state index contributed by atoms with van der Waals surface area (Å²) in [6.45, 7) is 9.92. The van der Waals surface area contributed by atoms with Gasteiger partial charge in [0, 0.05) is 19.6 Å². The average Bonchev–Trinajstić information content (AvgIpc) is 2.41. The average molecular weight is 280 g/mol. The van der Waals surface area contributed by atoms with Crippen LogP contribution >= 0.6 is 0 Å². The van der Waals surface area contributed by atoms with E-state index in [2.05, 4.69) is 26.1 Å². The van der Waals surface area contributed by atoms with Crippen LogP contribution in [0, 0.1) is 5.41 Å². The van der Waals surface area contributed by atoms with Crippen molar-refractivity contribution in [3.63, 3.8) is 0 Å². The molecule has 0 spiro atoms. The van der Waals surface area contributed by atoms with Crippen molar-refractivity contribution in [3.05, 3.63) is 20.4 Å². The molecule has 1 fully saturated rings. The first kappa shape index (κ1) is 15.0. The molecule has 112 valence electrons. The Morgan fingerprint density at radius 2 is 1.80 bits per heavy atom. The van der Waals surface area contributed by atoms with Crippen LogP contribution in [0.15, 0.2) is 9.59 Å². The summed E-state index contributed by atoms with van der Waals surface area (Å²) in [6.07, 6.45) is 2.08. The summed E-state index contributed by atoms with van der Waals surface area (Å²) in [4.78, 5) is 25.4. The Morgan fingerprint density at radius 3 is 2.40 bits per heavy atom. The Labute approximate surface area is 119 Å². The van der Waals surface area contributed by atoms with Crippen LogP contribution in [0.4, 0.5) is 11.4 Å². The van der Waals surface area contributed by atoms with Crippen molar-refractivity contribution in [1.82, 2.24) is 0 Å². The highest BCUT2D eigenvalue weighted by Crippen LogP contribution is 2.23. The van der Waals surface area contributed by atoms with E-state index < -0.39 is 0 Å². The fourth-order valence-electron chi connectivity index (χ4n) is 2.46. The minimum atomic E-state index is -0.373. The summed E-state index contributed by atoms with van der Waals surface area (Å²) in [7, 11) is 0. The number of nitrogens with one attached hydrogen (secondary N) is 1. The third kappa shape index (κ3) is 3.39. The summed E-state index contributed by atoms with van der Waals surface area (Å²) >= 11 is 0. The molecule has 0 atom stereocenters. The summed E-state index contributed by atoms with van der Waals surface area (Å²) < 4.78 is 5.27. The highest BCUT2D eigenvalue weighted by atomic mass is 16.5. The van der Waals surface area contributed by atoms with Gasteiger partial charge in [0.25, 0.3) is 10.9 Å². The minimum Gasteiger partial charge on any atom is -0.380 e. The largest absolute Gasteiger partial charge is 0.380 e. The molecular formula is C15H24N2O3. The lowest BCUT2D eigenvalue weighted by atomic mass is 9.90. The minimum absolute atomic E-state index is 0.294. The van der Waals surface area contributed by atoms with Gasteiger partial charge in [0.2, 0.25) is 0 Å². The number of hydrogen-bond acceptors (Lipinski definition) is 5. The molecular weight excluding hydrogens is 256 g/mol. The number of rotatable bonds is 5. The summed E-state index contributed by atoms with van der Waals surface area (Å²) in [5.41, 5.74) is 0.634. The highest BCUT2D eigenvalue weighted by molar-refractivity contribution is 5.75. The van der Waals surface area contributed by atoms with Gasteiger partial charge >= 0.3 is 0 Å². The van der Waals surface area contributed by atoms with Crippen LogP contribution in [0.3, 0.4) is 0 Å². The lowest BCUT2D eigenvalue weighted by molar-refractivity contribution is 0.122. The zero-order valence-corrected chi connectivity index (χ0v) is 12.6. The van der Waals surface area contributed by atoms with E-state index in [0.29, 0.717) is 43.1 Å². The Hall–Kier alpha value is -1.36. The molecule has 0 aromatic heterocycles. The predicted molar refractivity (Wildman–Crippen MR) is 81.6 cm³/mol. The molecule has 5 heteroatoms. The zero-order valence-electron chi connectivity index (χ0n) is 12.6. The third-order valence-corrected chi connectivity index (χ3v) is 3.62. The molecule has 5 nitrogen and oxygen atoms in total. The molecule has 1 saturated heterocycles. The van der Waals surface area contributed by atoms with Crippen molar-refractivity contribution >= 4 is 11.4 Å². The van der Waals surface area contributed by atoms with Crippen LogP contribution in [0.25, 0.3) is 0 Å². The number of morpholine rings is 1. The van der Waals surface area contributed by atoms with Crippen molar-refractivity contribution in [2.24, 2.45) is 5.41 Å². The van der Waals surface area contributed by atoms with Crippen molar-refractivity contribution in [3.8, 4) is 0 Å². The van der Waals surface area contributed by atoms with Gasteiger partial charge in [-0.1, -0.05) is 20.8 Å². The van der Waals surface area contributed by atoms with Gasteiger partial charge in [-0.15, -0.1) is 0 Å². The lowest BCUT2D eigenvalue weighted by Crippen LogP contribution is -2.47. The van der Waals surface area contributed by atoms with Crippen LogP contribution in [0.5, 0.6) is 0 Å². The molecule has 1 aliphatic rings. The maximum atomic E-state index is 11.7. The van der Waals surface area contributed by atoms with E-state index in [9.17, 15) is 9.59 Å². The molecule has 1 N–H and O–H groups in total. The van der Waals surface area contributed by atoms with E-state index >= 15 is 0 Å². The van der Waals surface area contributed by atoms with Crippen LogP contribution < -0.4 is 21.1 Å². The smallest absolute Gasteiger partial charge is 0.253 e. The summed E-state index contributed by atoms with van der Waals surface area (Å²) in [6, 6.07) is 0. The van der Waals surface area contributed by atoms with Gasteiger partial charge in [0.15, 0.2) is 0 Å². The van der Waals surface area contributed by atoms with E-state index in [4.69, 9.17) is 4.74 Å². The van der Waals surface area contributed by atoms with Gasteiger partial charge in [-0.3, -0.25) is 9.59 Å². The zero-order chi connectivity index (χ0) is 14.8. The van der Waals surface area contributed by atoms with Crippen LogP contribution in [-0.2, 0) is 4.74 Å². The first-order valence-corrected chi connectivity index (χ1v) is 7.30. The third-order valence-electron chi connectivity index (χ3n) is 3.62. The van der Waals surface area contributed by atoms with E-state index in [1.807, 2.05) is 4.90 Å². The standard InChI is InChI=1S/C15H24N2O3/c1-15(2,3)5-4-6-16-11-12(14(19)13(11)18)17-7-9-20-10-8-17/h16H,4-10H2,1-3H3. The molecule has 0 unspecified atom stereocenters. The van der Waals surface area contributed by atoms with E-state index in [-0.39, 0.29) is 10.9 Å². The maximum absolute atomic E-state index is 11.7. The lowest BCUT2D eigenvalue weighted by Gasteiger charge is -2.31. The molecule has 0 amide bonds. The molecule has 1 aromatic carbocycles. The molecule has 2 rings (SSSR count). The van der Waals surface area contributed by atoms with Gasteiger partial charge in [0.05, 0.1) is 13.2 Å². The fourth-order valence-corrected chi connectivity index (χ4v) is 2.46. The SMILES string of the molecule is CC(C)(C)CCCNc1c(N2CCOCC2)c(=O)c1=O. The van der Waals surface area contributed by atoms with Gasteiger partial charge in [0.1, 0.15) is 11.4 Å². The van der Waals surface area contributed by atoms with Gasteiger partial charge in [-0.05, 0) is 18.3 Å². The Bertz CT molecular complexity index is 518.